The number of hydrogen-bond donors (Lipinski definition) is 3. The highest BCUT2D eigenvalue weighted by Crippen LogP contribution is 2.16. The Balaban J connectivity index is 2.03. The van der Waals surface area contributed by atoms with E-state index >= 15 is 0 Å². The van der Waals surface area contributed by atoms with Gasteiger partial charge in [0.2, 0.25) is 0 Å². The number of carbonyl (C=O) groups is 3. The van der Waals surface area contributed by atoms with Crippen molar-refractivity contribution in [1.82, 2.24) is 10.6 Å². The zero-order chi connectivity index (χ0) is 19.8. The Morgan fingerprint density at radius 2 is 1.63 bits per heavy atom. The fourth-order valence-electron chi connectivity index (χ4n) is 2.32. The molecule has 2 aromatic carbocycles. The predicted octanol–water partition coefficient (Wildman–Crippen LogP) is 2.09. The van der Waals surface area contributed by atoms with Crippen molar-refractivity contribution < 1.29 is 19.1 Å². The first-order chi connectivity index (χ1) is 12.9. The van der Waals surface area contributed by atoms with Gasteiger partial charge >= 0.3 is 11.8 Å². The van der Waals surface area contributed by atoms with E-state index in [0.717, 1.165) is 11.3 Å². The largest absolute Gasteiger partial charge is 0.497 e. The molecule has 142 valence electrons. The number of para-hydroxylation sites is 1. The van der Waals surface area contributed by atoms with Crippen LogP contribution in [0.2, 0.25) is 0 Å². The van der Waals surface area contributed by atoms with Crippen molar-refractivity contribution in [2.24, 2.45) is 0 Å². The van der Waals surface area contributed by atoms with Gasteiger partial charge in [0, 0.05) is 12.6 Å². The van der Waals surface area contributed by atoms with Gasteiger partial charge in [0.25, 0.3) is 5.91 Å². The third-order valence-electron chi connectivity index (χ3n) is 3.66. The molecule has 0 fully saturated rings. The van der Waals surface area contributed by atoms with E-state index in [1.807, 2.05) is 24.3 Å². The van der Waals surface area contributed by atoms with Crippen LogP contribution in [0.1, 0.15) is 29.8 Å². The van der Waals surface area contributed by atoms with Crippen LogP contribution in [0, 0.1) is 0 Å². The standard InChI is InChI=1S/C20H23N3O4/c1-13(2)22-19(25)20(26)23-17-7-5-4-6-16(17)18(24)21-12-14-8-10-15(27-3)11-9-14/h4-11,13H,12H2,1-3H3,(H,21,24)(H,22,25)(H,23,26). The minimum atomic E-state index is -0.820. The second-order valence-corrected chi connectivity index (χ2v) is 6.16. The molecule has 7 nitrogen and oxygen atoms in total. The number of methoxy groups -OCH3 is 1. The molecule has 2 rings (SSSR count). The van der Waals surface area contributed by atoms with Crippen LogP contribution in [0.25, 0.3) is 0 Å². The summed E-state index contributed by atoms with van der Waals surface area (Å²) >= 11 is 0. The molecule has 0 aliphatic rings. The van der Waals surface area contributed by atoms with Crippen molar-refractivity contribution in [3.63, 3.8) is 0 Å². The fraction of sp³-hybridized carbons (Fsp3) is 0.250. The van der Waals surface area contributed by atoms with Crippen molar-refractivity contribution in [3.05, 3.63) is 59.7 Å². The molecule has 0 bridgehead atoms. The van der Waals surface area contributed by atoms with Crippen molar-refractivity contribution in [1.29, 1.82) is 0 Å². The number of rotatable bonds is 6. The van der Waals surface area contributed by atoms with E-state index in [1.165, 1.54) is 0 Å². The maximum absolute atomic E-state index is 12.5. The van der Waals surface area contributed by atoms with Gasteiger partial charge in [0.15, 0.2) is 0 Å². The lowest BCUT2D eigenvalue weighted by Gasteiger charge is -2.12. The summed E-state index contributed by atoms with van der Waals surface area (Å²) in [5.74, 6) is -1.19. The molecule has 0 heterocycles. The van der Waals surface area contributed by atoms with Crippen LogP contribution in [0.15, 0.2) is 48.5 Å². The highest BCUT2D eigenvalue weighted by molar-refractivity contribution is 6.40. The van der Waals surface area contributed by atoms with Crippen molar-refractivity contribution in [2.75, 3.05) is 12.4 Å². The van der Waals surface area contributed by atoms with E-state index < -0.39 is 11.8 Å². The van der Waals surface area contributed by atoms with Crippen molar-refractivity contribution in [3.8, 4) is 5.75 Å². The van der Waals surface area contributed by atoms with Crippen LogP contribution in [0.3, 0.4) is 0 Å². The van der Waals surface area contributed by atoms with E-state index in [-0.39, 0.29) is 23.2 Å². The molecule has 0 aliphatic heterocycles. The van der Waals surface area contributed by atoms with Crippen LogP contribution in [0.4, 0.5) is 5.69 Å². The number of ether oxygens (including phenoxy) is 1. The molecule has 0 radical (unpaired) electrons. The smallest absolute Gasteiger partial charge is 0.313 e. The van der Waals surface area contributed by atoms with E-state index in [1.54, 1.807) is 45.2 Å². The lowest BCUT2D eigenvalue weighted by Crippen LogP contribution is -2.39. The molecule has 0 atom stereocenters. The van der Waals surface area contributed by atoms with Gasteiger partial charge in [-0.15, -0.1) is 0 Å². The summed E-state index contributed by atoms with van der Waals surface area (Å²) in [6.45, 7) is 3.83. The minimum Gasteiger partial charge on any atom is -0.497 e. The number of amides is 3. The van der Waals surface area contributed by atoms with Gasteiger partial charge in [-0.05, 0) is 43.7 Å². The quantitative estimate of drug-likeness (QED) is 0.679. The van der Waals surface area contributed by atoms with Crippen molar-refractivity contribution in [2.45, 2.75) is 26.4 Å². The molecule has 3 N–H and O–H groups in total. The Kier molecular flexibility index (Phi) is 6.93. The Morgan fingerprint density at radius 1 is 0.963 bits per heavy atom. The minimum absolute atomic E-state index is 0.161. The molecule has 0 aliphatic carbocycles. The van der Waals surface area contributed by atoms with E-state index in [4.69, 9.17) is 4.74 Å². The lowest BCUT2D eigenvalue weighted by atomic mass is 10.1. The van der Waals surface area contributed by atoms with Gasteiger partial charge in [-0.2, -0.15) is 0 Å². The normalized spacial score (nSPS) is 10.2. The zero-order valence-electron chi connectivity index (χ0n) is 15.5. The van der Waals surface area contributed by atoms with Crippen LogP contribution >= 0.6 is 0 Å². The average molecular weight is 369 g/mol. The van der Waals surface area contributed by atoms with Crippen LogP contribution in [-0.4, -0.2) is 30.9 Å². The zero-order valence-corrected chi connectivity index (χ0v) is 15.5. The Labute approximate surface area is 158 Å². The van der Waals surface area contributed by atoms with Gasteiger partial charge in [0.05, 0.1) is 18.4 Å². The van der Waals surface area contributed by atoms with Gasteiger partial charge in [-0.3, -0.25) is 14.4 Å². The van der Waals surface area contributed by atoms with Gasteiger partial charge in [-0.1, -0.05) is 24.3 Å². The second-order valence-electron chi connectivity index (χ2n) is 6.16. The van der Waals surface area contributed by atoms with Gasteiger partial charge < -0.3 is 20.7 Å². The fourth-order valence-corrected chi connectivity index (χ4v) is 2.32. The Bertz CT molecular complexity index is 816. The molecule has 2 aromatic rings. The number of benzene rings is 2. The molecule has 0 unspecified atom stereocenters. The van der Waals surface area contributed by atoms with Gasteiger partial charge in [-0.25, -0.2) is 0 Å². The number of carbonyl (C=O) groups excluding carboxylic acids is 3. The first-order valence-corrected chi connectivity index (χ1v) is 8.52. The molecule has 27 heavy (non-hydrogen) atoms. The monoisotopic (exact) mass is 369 g/mol. The number of anilines is 1. The first kappa shape index (κ1) is 20.0. The molecule has 0 saturated carbocycles. The van der Waals surface area contributed by atoms with Crippen molar-refractivity contribution >= 4 is 23.4 Å². The summed E-state index contributed by atoms with van der Waals surface area (Å²) in [6, 6.07) is 13.7. The summed E-state index contributed by atoms with van der Waals surface area (Å²) in [5.41, 5.74) is 1.45. The third-order valence-corrected chi connectivity index (χ3v) is 3.66. The van der Waals surface area contributed by atoms with E-state index in [0.29, 0.717) is 6.54 Å². The Morgan fingerprint density at radius 3 is 2.26 bits per heavy atom. The molecular weight excluding hydrogens is 346 g/mol. The van der Waals surface area contributed by atoms with Gasteiger partial charge in [0.1, 0.15) is 5.75 Å². The number of hydrogen-bond acceptors (Lipinski definition) is 4. The molecule has 0 spiro atoms. The molecule has 0 saturated heterocycles. The van der Waals surface area contributed by atoms with E-state index in [9.17, 15) is 14.4 Å². The van der Waals surface area contributed by atoms with Crippen LogP contribution in [0.5, 0.6) is 5.75 Å². The maximum atomic E-state index is 12.5. The maximum Gasteiger partial charge on any atom is 0.313 e. The summed E-state index contributed by atoms with van der Waals surface area (Å²) in [7, 11) is 1.59. The van der Waals surface area contributed by atoms with Crippen LogP contribution in [-0.2, 0) is 16.1 Å². The second kappa shape index (κ2) is 9.38. The highest BCUT2D eigenvalue weighted by Gasteiger charge is 2.18. The van der Waals surface area contributed by atoms with Crippen LogP contribution < -0.4 is 20.7 Å². The molecule has 0 aromatic heterocycles. The topological polar surface area (TPSA) is 96.5 Å². The Hall–Kier alpha value is -3.35. The lowest BCUT2D eigenvalue weighted by molar-refractivity contribution is -0.136. The number of nitrogens with one attached hydrogen (secondary N) is 3. The predicted molar refractivity (Wildman–Crippen MR) is 103 cm³/mol. The summed E-state index contributed by atoms with van der Waals surface area (Å²) in [5, 5.41) is 7.78. The molecular formula is C20H23N3O4. The summed E-state index contributed by atoms with van der Waals surface area (Å²) in [6.07, 6.45) is 0. The SMILES string of the molecule is COc1ccc(CNC(=O)c2ccccc2NC(=O)C(=O)NC(C)C)cc1. The molecule has 3 amide bonds. The highest BCUT2D eigenvalue weighted by atomic mass is 16.5. The van der Waals surface area contributed by atoms with E-state index in [2.05, 4.69) is 16.0 Å². The summed E-state index contributed by atoms with van der Waals surface area (Å²) in [4.78, 5) is 36.3. The summed E-state index contributed by atoms with van der Waals surface area (Å²) < 4.78 is 5.10. The average Bonchev–Trinajstić information content (AvgIpc) is 2.66. The molecule has 7 heteroatoms. The first-order valence-electron chi connectivity index (χ1n) is 8.52. The third kappa shape index (κ3) is 5.85.